The molecular weight excluding hydrogens is 232 g/mol. The van der Waals surface area contributed by atoms with Crippen LogP contribution in [0.15, 0.2) is 30.3 Å². The fourth-order valence-corrected chi connectivity index (χ4v) is 2.03. The predicted molar refractivity (Wildman–Crippen MR) is 75.5 cm³/mol. The van der Waals surface area contributed by atoms with Gasteiger partial charge in [0.1, 0.15) is 0 Å². The van der Waals surface area contributed by atoms with Crippen LogP contribution in [0.1, 0.15) is 18.4 Å². The van der Waals surface area contributed by atoms with Gasteiger partial charge >= 0.3 is 0 Å². The fourth-order valence-electron chi connectivity index (χ4n) is 2.03. The Hall–Kier alpha value is -0.570. The number of hydrogen-bond donors (Lipinski definition) is 2. The highest BCUT2D eigenvalue weighted by atomic mass is 35.5. The summed E-state index contributed by atoms with van der Waals surface area (Å²) >= 11 is 5.06. The second kappa shape index (κ2) is 9.46. The Bertz CT molecular complexity index is 269. The van der Waals surface area contributed by atoms with E-state index in [0.29, 0.717) is 12.4 Å². The third-order valence-corrected chi connectivity index (χ3v) is 3.15. The van der Waals surface area contributed by atoms with Crippen LogP contribution in [0.3, 0.4) is 0 Å². The van der Waals surface area contributed by atoms with Gasteiger partial charge in [0, 0.05) is 12.4 Å². The van der Waals surface area contributed by atoms with Crippen molar-refractivity contribution in [3.05, 3.63) is 35.9 Å². The van der Waals surface area contributed by atoms with E-state index in [1.54, 1.807) is 0 Å². The van der Waals surface area contributed by atoms with Crippen molar-refractivity contribution in [2.75, 3.05) is 25.5 Å². The molecule has 0 bridgehead atoms. The molecule has 0 aliphatic carbocycles. The summed E-state index contributed by atoms with van der Waals surface area (Å²) in [6.45, 7) is 3.00. The molecule has 17 heavy (non-hydrogen) atoms. The molecule has 3 heteroatoms. The Kier molecular flexibility index (Phi) is 8.06. The van der Waals surface area contributed by atoms with Crippen molar-refractivity contribution >= 4 is 11.6 Å². The van der Waals surface area contributed by atoms with Crippen LogP contribution in [0.4, 0.5) is 0 Å². The molecule has 0 amide bonds. The van der Waals surface area contributed by atoms with E-state index in [1.807, 2.05) is 0 Å². The first-order valence-corrected chi connectivity index (χ1v) is 6.91. The number of hydrogen-bond acceptors (Lipinski definition) is 2. The first kappa shape index (κ1) is 14.5. The van der Waals surface area contributed by atoms with Crippen LogP contribution < -0.4 is 11.1 Å². The number of alkyl halides is 1. The Labute approximate surface area is 110 Å². The maximum atomic E-state index is 5.06. The largest absolute Gasteiger partial charge is 0.329 e. The molecule has 1 aromatic carbocycles. The number of halogens is 1. The quantitative estimate of drug-likeness (QED) is 0.813. The first-order valence-electron chi connectivity index (χ1n) is 6.37. The van der Waals surface area contributed by atoms with E-state index in [9.17, 15) is 0 Å². The molecule has 1 aliphatic rings. The van der Waals surface area contributed by atoms with Gasteiger partial charge in [-0.1, -0.05) is 30.3 Å². The summed E-state index contributed by atoms with van der Waals surface area (Å²) in [6.07, 6.45) is 3.95. The lowest BCUT2D eigenvalue weighted by Gasteiger charge is -2.22. The molecule has 2 nitrogen and oxygen atoms in total. The average molecular weight is 255 g/mol. The van der Waals surface area contributed by atoms with Gasteiger partial charge in [0.15, 0.2) is 0 Å². The summed E-state index contributed by atoms with van der Waals surface area (Å²) in [5.41, 5.74) is 6.39. The minimum atomic E-state index is 0.569. The third-order valence-electron chi connectivity index (χ3n) is 2.94. The van der Waals surface area contributed by atoms with E-state index in [4.69, 9.17) is 17.3 Å². The zero-order valence-electron chi connectivity index (χ0n) is 10.4. The van der Waals surface area contributed by atoms with Gasteiger partial charge in [0.2, 0.25) is 0 Å². The van der Waals surface area contributed by atoms with Gasteiger partial charge in [-0.2, -0.15) is 0 Å². The van der Waals surface area contributed by atoms with Gasteiger partial charge in [0.25, 0.3) is 0 Å². The summed E-state index contributed by atoms with van der Waals surface area (Å²) in [5, 5.41) is 3.40. The highest BCUT2D eigenvalue weighted by molar-refractivity contribution is 6.18. The summed E-state index contributed by atoms with van der Waals surface area (Å²) in [6, 6.07) is 10.8. The second-order valence-corrected chi connectivity index (χ2v) is 4.74. The number of benzene rings is 1. The van der Waals surface area contributed by atoms with E-state index in [-0.39, 0.29) is 0 Å². The Balaban J connectivity index is 0.000000317. The summed E-state index contributed by atoms with van der Waals surface area (Å²) in [7, 11) is 0. The smallest absolute Gasteiger partial charge is 0.0346 e. The molecular formula is C14H23ClN2. The Morgan fingerprint density at radius 3 is 2.29 bits per heavy atom. The molecule has 1 aromatic rings. The SMILES string of the molecule is NCCCl.c1ccc(CC2CCNCC2)cc1. The van der Waals surface area contributed by atoms with Crippen LogP contribution in [0.5, 0.6) is 0 Å². The first-order chi connectivity index (χ1) is 8.36. The minimum Gasteiger partial charge on any atom is -0.329 e. The Morgan fingerprint density at radius 1 is 1.18 bits per heavy atom. The van der Waals surface area contributed by atoms with Crippen molar-refractivity contribution in [3.8, 4) is 0 Å². The number of nitrogens with two attached hydrogens (primary N) is 1. The molecule has 3 N–H and O–H groups in total. The molecule has 0 atom stereocenters. The highest BCUT2D eigenvalue weighted by Crippen LogP contribution is 2.17. The molecule has 1 aliphatic heterocycles. The van der Waals surface area contributed by atoms with Crippen LogP contribution in [0.25, 0.3) is 0 Å². The van der Waals surface area contributed by atoms with Crippen molar-refractivity contribution in [1.82, 2.24) is 5.32 Å². The van der Waals surface area contributed by atoms with Crippen molar-refractivity contribution in [1.29, 1.82) is 0 Å². The van der Waals surface area contributed by atoms with E-state index in [0.717, 1.165) is 5.92 Å². The van der Waals surface area contributed by atoms with Gasteiger partial charge in [-0.3, -0.25) is 0 Å². The molecule has 1 saturated heterocycles. The van der Waals surface area contributed by atoms with Crippen LogP contribution in [-0.2, 0) is 6.42 Å². The van der Waals surface area contributed by atoms with E-state index in [1.165, 1.54) is 37.9 Å². The molecule has 96 valence electrons. The van der Waals surface area contributed by atoms with Gasteiger partial charge in [-0.15, -0.1) is 11.6 Å². The average Bonchev–Trinajstić information content (AvgIpc) is 2.41. The number of rotatable bonds is 3. The summed E-state index contributed by atoms with van der Waals surface area (Å²) in [4.78, 5) is 0. The van der Waals surface area contributed by atoms with E-state index >= 15 is 0 Å². The molecule has 1 heterocycles. The maximum Gasteiger partial charge on any atom is 0.0346 e. The monoisotopic (exact) mass is 254 g/mol. The molecule has 2 rings (SSSR count). The lowest BCUT2D eigenvalue weighted by atomic mass is 9.91. The summed E-state index contributed by atoms with van der Waals surface area (Å²) in [5.74, 6) is 1.48. The second-order valence-electron chi connectivity index (χ2n) is 4.36. The predicted octanol–water partition coefficient (Wildman–Crippen LogP) is 2.41. The lowest BCUT2D eigenvalue weighted by molar-refractivity contribution is 0.372. The van der Waals surface area contributed by atoms with Crippen molar-refractivity contribution in [2.45, 2.75) is 19.3 Å². The molecule has 0 radical (unpaired) electrons. The molecule has 0 unspecified atom stereocenters. The normalized spacial score (nSPS) is 16.1. The molecule has 0 saturated carbocycles. The molecule has 1 fully saturated rings. The Morgan fingerprint density at radius 2 is 1.76 bits per heavy atom. The lowest BCUT2D eigenvalue weighted by Crippen LogP contribution is -2.28. The highest BCUT2D eigenvalue weighted by Gasteiger charge is 2.12. The summed E-state index contributed by atoms with van der Waals surface area (Å²) < 4.78 is 0. The van der Waals surface area contributed by atoms with Gasteiger partial charge in [0.05, 0.1) is 0 Å². The van der Waals surface area contributed by atoms with Crippen LogP contribution in [-0.4, -0.2) is 25.5 Å². The van der Waals surface area contributed by atoms with Crippen molar-refractivity contribution in [2.24, 2.45) is 11.7 Å². The van der Waals surface area contributed by atoms with Gasteiger partial charge in [-0.25, -0.2) is 0 Å². The number of nitrogens with one attached hydrogen (secondary N) is 1. The minimum absolute atomic E-state index is 0.569. The zero-order valence-corrected chi connectivity index (χ0v) is 11.1. The maximum absolute atomic E-state index is 5.06. The van der Waals surface area contributed by atoms with E-state index in [2.05, 4.69) is 35.6 Å². The topological polar surface area (TPSA) is 38.0 Å². The fraction of sp³-hybridized carbons (Fsp3) is 0.571. The van der Waals surface area contributed by atoms with Crippen LogP contribution in [0, 0.1) is 5.92 Å². The molecule has 0 aromatic heterocycles. The van der Waals surface area contributed by atoms with Gasteiger partial charge < -0.3 is 11.1 Å². The van der Waals surface area contributed by atoms with E-state index < -0.39 is 0 Å². The van der Waals surface area contributed by atoms with Crippen molar-refractivity contribution in [3.63, 3.8) is 0 Å². The zero-order chi connectivity index (χ0) is 12.3. The van der Waals surface area contributed by atoms with Crippen molar-refractivity contribution < 1.29 is 0 Å². The van der Waals surface area contributed by atoms with Gasteiger partial charge in [-0.05, 0) is 43.8 Å². The van der Waals surface area contributed by atoms with Crippen LogP contribution in [0.2, 0.25) is 0 Å². The molecule has 0 spiro atoms. The standard InChI is InChI=1S/C12H17N.C2H6ClN/c1-2-4-11(5-3-1)10-12-6-8-13-9-7-12;3-1-2-4/h1-5,12-13H,6-10H2;1-2,4H2. The van der Waals surface area contributed by atoms with Crippen LogP contribution >= 0.6 is 11.6 Å². The number of piperidine rings is 1. The third kappa shape index (κ3) is 6.67.